The monoisotopic (exact) mass is 395 g/mol. The largest absolute Gasteiger partial charge is 0.492 e. The SMILES string of the molecule is CCOc1ccccc1N1CCN(CC(=O)NC[C@@H](CC)c2ccccc2)CC1. The topological polar surface area (TPSA) is 44.8 Å². The minimum absolute atomic E-state index is 0.113. The Hall–Kier alpha value is -2.53. The minimum atomic E-state index is 0.113. The molecule has 29 heavy (non-hydrogen) atoms. The highest BCUT2D eigenvalue weighted by molar-refractivity contribution is 5.78. The predicted octanol–water partition coefficient (Wildman–Crippen LogP) is 3.52. The fourth-order valence-corrected chi connectivity index (χ4v) is 3.86. The van der Waals surface area contributed by atoms with Gasteiger partial charge in [-0.15, -0.1) is 0 Å². The summed E-state index contributed by atoms with van der Waals surface area (Å²) in [6, 6.07) is 18.6. The smallest absolute Gasteiger partial charge is 0.234 e. The maximum Gasteiger partial charge on any atom is 0.234 e. The molecular weight excluding hydrogens is 362 g/mol. The second-order valence-corrected chi connectivity index (χ2v) is 7.48. The molecule has 1 heterocycles. The summed E-state index contributed by atoms with van der Waals surface area (Å²) in [6.45, 7) is 9.56. The molecule has 1 atom stereocenters. The van der Waals surface area contributed by atoms with Crippen LogP contribution in [0.3, 0.4) is 0 Å². The normalized spacial score (nSPS) is 15.7. The average molecular weight is 396 g/mol. The van der Waals surface area contributed by atoms with Gasteiger partial charge in [0.25, 0.3) is 0 Å². The highest BCUT2D eigenvalue weighted by Gasteiger charge is 2.21. The molecule has 2 aromatic rings. The zero-order valence-corrected chi connectivity index (χ0v) is 17.6. The number of carbonyl (C=O) groups excluding carboxylic acids is 1. The van der Waals surface area contributed by atoms with Crippen molar-refractivity contribution in [2.24, 2.45) is 0 Å². The van der Waals surface area contributed by atoms with Crippen molar-refractivity contribution in [2.75, 3.05) is 50.8 Å². The standard InChI is InChI=1S/C24H33N3O2/c1-3-20(21-10-6-5-7-11-21)18-25-24(28)19-26-14-16-27(17-15-26)22-12-8-9-13-23(22)29-4-2/h5-13,20H,3-4,14-19H2,1-2H3,(H,25,28)/t20-/m1/s1. The fraction of sp³-hybridized carbons (Fsp3) is 0.458. The van der Waals surface area contributed by atoms with Crippen LogP contribution in [0.1, 0.15) is 31.7 Å². The summed E-state index contributed by atoms with van der Waals surface area (Å²) in [5, 5.41) is 3.13. The van der Waals surface area contributed by atoms with E-state index in [0.29, 0.717) is 25.6 Å². The van der Waals surface area contributed by atoms with Gasteiger partial charge in [0.2, 0.25) is 5.91 Å². The maximum atomic E-state index is 12.5. The Labute approximate surface area is 174 Å². The van der Waals surface area contributed by atoms with Gasteiger partial charge in [0.15, 0.2) is 0 Å². The first-order chi connectivity index (χ1) is 14.2. The van der Waals surface area contributed by atoms with Gasteiger partial charge in [-0.3, -0.25) is 9.69 Å². The number of hydrogen-bond acceptors (Lipinski definition) is 4. The third kappa shape index (κ3) is 5.97. The van der Waals surface area contributed by atoms with Gasteiger partial charge in [-0.2, -0.15) is 0 Å². The summed E-state index contributed by atoms with van der Waals surface area (Å²) in [7, 11) is 0. The second kappa shape index (κ2) is 10.9. The Morgan fingerprint density at radius 2 is 1.69 bits per heavy atom. The molecule has 0 saturated carbocycles. The van der Waals surface area contributed by atoms with Crippen molar-refractivity contribution in [2.45, 2.75) is 26.2 Å². The Kier molecular flexibility index (Phi) is 7.94. The number of nitrogens with zero attached hydrogens (tertiary/aromatic N) is 2. The molecule has 0 bridgehead atoms. The number of nitrogens with one attached hydrogen (secondary N) is 1. The lowest BCUT2D eigenvalue weighted by atomic mass is 9.96. The van der Waals surface area contributed by atoms with Crippen molar-refractivity contribution >= 4 is 11.6 Å². The van der Waals surface area contributed by atoms with Crippen LogP contribution in [0, 0.1) is 0 Å². The van der Waals surface area contributed by atoms with E-state index < -0.39 is 0 Å². The van der Waals surface area contributed by atoms with Gasteiger partial charge in [-0.25, -0.2) is 0 Å². The lowest BCUT2D eigenvalue weighted by Crippen LogP contribution is -2.49. The summed E-state index contributed by atoms with van der Waals surface area (Å²) < 4.78 is 5.76. The van der Waals surface area contributed by atoms with E-state index in [9.17, 15) is 4.79 Å². The summed E-state index contributed by atoms with van der Waals surface area (Å²) in [4.78, 5) is 17.1. The van der Waals surface area contributed by atoms with Crippen molar-refractivity contribution < 1.29 is 9.53 Å². The van der Waals surface area contributed by atoms with Crippen LogP contribution in [-0.4, -0.2) is 56.7 Å². The minimum Gasteiger partial charge on any atom is -0.492 e. The van der Waals surface area contributed by atoms with Crippen LogP contribution in [0.15, 0.2) is 54.6 Å². The average Bonchev–Trinajstić information content (AvgIpc) is 2.76. The summed E-state index contributed by atoms with van der Waals surface area (Å²) >= 11 is 0. The number of piperazine rings is 1. The van der Waals surface area contributed by atoms with Gasteiger partial charge in [0.05, 0.1) is 18.8 Å². The number of benzene rings is 2. The molecule has 2 aromatic carbocycles. The second-order valence-electron chi connectivity index (χ2n) is 7.48. The van der Waals surface area contributed by atoms with E-state index >= 15 is 0 Å². The zero-order valence-electron chi connectivity index (χ0n) is 17.6. The molecule has 1 saturated heterocycles. The number of amides is 1. The molecule has 1 aliphatic heterocycles. The molecule has 5 nitrogen and oxygen atoms in total. The molecule has 0 aliphatic carbocycles. The molecule has 1 aliphatic rings. The van der Waals surface area contributed by atoms with Crippen LogP contribution in [0.2, 0.25) is 0 Å². The van der Waals surface area contributed by atoms with Crippen LogP contribution in [0.5, 0.6) is 5.75 Å². The van der Waals surface area contributed by atoms with E-state index in [1.165, 1.54) is 5.56 Å². The van der Waals surface area contributed by atoms with E-state index in [-0.39, 0.29) is 5.91 Å². The molecule has 1 N–H and O–H groups in total. The van der Waals surface area contributed by atoms with Gasteiger partial charge in [-0.05, 0) is 31.0 Å². The molecule has 0 aromatic heterocycles. The highest BCUT2D eigenvalue weighted by Crippen LogP contribution is 2.28. The van der Waals surface area contributed by atoms with Gasteiger partial charge in [0, 0.05) is 38.6 Å². The maximum absolute atomic E-state index is 12.5. The summed E-state index contributed by atoms with van der Waals surface area (Å²) in [5.41, 5.74) is 2.43. The van der Waals surface area contributed by atoms with Gasteiger partial charge in [-0.1, -0.05) is 49.4 Å². The predicted molar refractivity (Wildman–Crippen MR) is 119 cm³/mol. The van der Waals surface area contributed by atoms with E-state index in [4.69, 9.17) is 4.74 Å². The number of rotatable bonds is 9. The number of ether oxygens (including phenoxy) is 1. The molecule has 0 radical (unpaired) electrons. The Balaban J connectivity index is 1.45. The molecule has 0 spiro atoms. The first kappa shape index (κ1) is 21.2. The van der Waals surface area contributed by atoms with Crippen LogP contribution < -0.4 is 15.0 Å². The first-order valence-electron chi connectivity index (χ1n) is 10.7. The zero-order chi connectivity index (χ0) is 20.5. The number of para-hydroxylation sites is 2. The summed E-state index contributed by atoms with van der Waals surface area (Å²) in [6.07, 6.45) is 1.02. The van der Waals surface area contributed by atoms with Gasteiger partial charge < -0.3 is 15.0 Å². The summed E-state index contributed by atoms with van der Waals surface area (Å²) in [5.74, 6) is 1.42. The highest BCUT2D eigenvalue weighted by atomic mass is 16.5. The molecule has 1 fully saturated rings. The van der Waals surface area contributed by atoms with Crippen molar-refractivity contribution in [3.63, 3.8) is 0 Å². The Bertz CT molecular complexity index is 758. The van der Waals surface area contributed by atoms with Crippen molar-refractivity contribution in [3.05, 3.63) is 60.2 Å². The third-order valence-electron chi connectivity index (χ3n) is 5.55. The molecule has 0 unspecified atom stereocenters. The van der Waals surface area contributed by atoms with Crippen molar-refractivity contribution in [1.82, 2.24) is 10.2 Å². The van der Waals surface area contributed by atoms with Crippen LogP contribution >= 0.6 is 0 Å². The van der Waals surface area contributed by atoms with E-state index in [0.717, 1.165) is 44.0 Å². The fourth-order valence-electron chi connectivity index (χ4n) is 3.86. The Morgan fingerprint density at radius 3 is 2.38 bits per heavy atom. The van der Waals surface area contributed by atoms with Crippen LogP contribution in [-0.2, 0) is 4.79 Å². The molecular formula is C24H33N3O2. The first-order valence-corrected chi connectivity index (χ1v) is 10.7. The number of carbonyl (C=O) groups is 1. The van der Waals surface area contributed by atoms with Gasteiger partial charge in [0.1, 0.15) is 5.75 Å². The lowest BCUT2D eigenvalue weighted by Gasteiger charge is -2.36. The molecule has 1 amide bonds. The van der Waals surface area contributed by atoms with Crippen LogP contribution in [0.4, 0.5) is 5.69 Å². The number of hydrogen-bond donors (Lipinski definition) is 1. The van der Waals surface area contributed by atoms with Crippen molar-refractivity contribution in [1.29, 1.82) is 0 Å². The Morgan fingerprint density at radius 1 is 1.00 bits per heavy atom. The number of anilines is 1. The van der Waals surface area contributed by atoms with Gasteiger partial charge >= 0.3 is 0 Å². The third-order valence-corrected chi connectivity index (χ3v) is 5.55. The molecule has 156 valence electrons. The quantitative estimate of drug-likeness (QED) is 0.706. The van der Waals surface area contributed by atoms with E-state index in [1.807, 2.05) is 25.1 Å². The van der Waals surface area contributed by atoms with Crippen molar-refractivity contribution in [3.8, 4) is 5.75 Å². The van der Waals surface area contributed by atoms with E-state index in [1.54, 1.807) is 0 Å². The molecule has 5 heteroatoms. The van der Waals surface area contributed by atoms with E-state index in [2.05, 4.69) is 58.4 Å². The van der Waals surface area contributed by atoms with Crippen LogP contribution in [0.25, 0.3) is 0 Å². The lowest BCUT2D eigenvalue weighted by molar-refractivity contribution is -0.122. The molecule has 3 rings (SSSR count).